The molecule has 0 spiro atoms. The van der Waals surface area contributed by atoms with Crippen LogP contribution < -0.4 is 0 Å². The number of benzene rings is 2. The van der Waals surface area contributed by atoms with Gasteiger partial charge in [-0.15, -0.1) is 0 Å². The summed E-state index contributed by atoms with van der Waals surface area (Å²) in [4.78, 5) is 18.4. The van der Waals surface area contributed by atoms with Crippen molar-refractivity contribution in [3.8, 4) is 11.3 Å². The van der Waals surface area contributed by atoms with Gasteiger partial charge >= 0.3 is 0 Å². The van der Waals surface area contributed by atoms with Gasteiger partial charge in [-0.1, -0.05) is 0 Å². The highest BCUT2D eigenvalue weighted by atomic mass is 32.2. The first kappa shape index (κ1) is 24.0. The summed E-state index contributed by atoms with van der Waals surface area (Å²) in [6.45, 7) is 0.983. The summed E-state index contributed by atoms with van der Waals surface area (Å²) >= 11 is 0. The molecule has 7 nitrogen and oxygen atoms in total. The highest BCUT2D eigenvalue weighted by molar-refractivity contribution is 7.89. The molecule has 180 valence electrons. The van der Waals surface area contributed by atoms with E-state index in [9.17, 15) is 26.4 Å². The lowest BCUT2D eigenvalue weighted by molar-refractivity contribution is -0.131. The maximum atomic E-state index is 13.9. The molecule has 1 saturated heterocycles. The predicted molar refractivity (Wildman–Crippen MR) is 117 cm³/mol. The van der Waals surface area contributed by atoms with Crippen LogP contribution in [0.25, 0.3) is 11.3 Å². The monoisotopic (exact) mass is 493 g/mol. The van der Waals surface area contributed by atoms with Crippen LogP contribution in [0, 0.1) is 17.5 Å². The van der Waals surface area contributed by atoms with E-state index < -0.39 is 27.5 Å². The van der Waals surface area contributed by atoms with Gasteiger partial charge in [0, 0.05) is 45.1 Å². The van der Waals surface area contributed by atoms with Gasteiger partial charge in [-0.2, -0.15) is 4.31 Å². The molecule has 0 radical (unpaired) electrons. The lowest BCUT2D eigenvalue weighted by Crippen LogP contribution is -2.37. The molecule has 11 heteroatoms. The fraction of sp³-hybridized carbons (Fsp3) is 0.304. The van der Waals surface area contributed by atoms with Gasteiger partial charge in [0.05, 0.1) is 16.7 Å². The lowest BCUT2D eigenvalue weighted by atomic mass is 10.2. The summed E-state index contributed by atoms with van der Waals surface area (Å²) in [5.74, 6) is -1.81. The van der Waals surface area contributed by atoms with Crippen LogP contribution in [0.1, 0.15) is 18.7 Å². The Labute approximate surface area is 194 Å². The third kappa shape index (κ3) is 5.31. The van der Waals surface area contributed by atoms with E-state index in [0.717, 1.165) is 24.3 Å². The average Bonchev–Trinajstić information content (AvgIpc) is 3.12. The van der Waals surface area contributed by atoms with E-state index in [1.807, 2.05) is 0 Å². The van der Waals surface area contributed by atoms with Crippen LogP contribution in [-0.2, 0) is 21.2 Å². The first-order chi connectivity index (χ1) is 16.2. The second-order valence-corrected chi connectivity index (χ2v) is 9.77. The van der Waals surface area contributed by atoms with Crippen molar-refractivity contribution < 1.29 is 30.8 Å². The maximum absolute atomic E-state index is 13.9. The normalized spacial score (nSPS) is 15.3. The molecule has 2 aromatic carbocycles. The molecule has 4 rings (SSSR count). The Hall–Kier alpha value is -3.18. The minimum atomic E-state index is -3.79. The van der Waals surface area contributed by atoms with Crippen LogP contribution in [0.5, 0.6) is 0 Å². The molecule has 0 saturated carbocycles. The van der Waals surface area contributed by atoms with Crippen molar-refractivity contribution in [2.45, 2.75) is 24.2 Å². The quantitative estimate of drug-likeness (QED) is 0.524. The van der Waals surface area contributed by atoms with Gasteiger partial charge in [-0.25, -0.2) is 26.6 Å². The number of nitrogens with zero attached hydrogens (tertiary/aromatic N) is 3. The second kappa shape index (κ2) is 9.98. The molecule has 0 aliphatic carbocycles. The van der Waals surface area contributed by atoms with Crippen LogP contribution >= 0.6 is 0 Å². The number of aryl methyl sites for hydroxylation is 1. The summed E-state index contributed by atoms with van der Waals surface area (Å²) < 4.78 is 72.6. The molecule has 1 amide bonds. The minimum absolute atomic E-state index is 0.00552. The number of amides is 1. The van der Waals surface area contributed by atoms with E-state index >= 15 is 0 Å². The average molecular weight is 494 g/mol. The van der Waals surface area contributed by atoms with Crippen LogP contribution in [0.3, 0.4) is 0 Å². The van der Waals surface area contributed by atoms with Crippen molar-refractivity contribution in [2.24, 2.45) is 0 Å². The van der Waals surface area contributed by atoms with E-state index in [1.165, 1.54) is 28.7 Å². The number of sulfonamides is 1. The van der Waals surface area contributed by atoms with Crippen molar-refractivity contribution in [2.75, 3.05) is 26.2 Å². The van der Waals surface area contributed by atoms with Crippen LogP contribution in [0.15, 0.2) is 58.0 Å². The standard InChI is InChI=1S/C23H22F3N3O4S/c24-16-2-5-18(6-3-16)34(31,32)29-11-1-10-28(12-13-29)23(30)9-8-22-27-15-21(33-22)19-7-4-17(25)14-20(19)26/h2-7,14-15H,1,8-13H2. The Balaban J connectivity index is 1.34. The summed E-state index contributed by atoms with van der Waals surface area (Å²) in [5, 5.41) is 0. The van der Waals surface area contributed by atoms with Gasteiger partial charge in [-0.05, 0) is 42.8 Å². The summed E-state index contributed by atoms with van der Waals surface area (Å²) in [6.07, 6.45) is 2.03. The van der Waals surface area contributed by atoms with E-state index in [4.69, 9.17) is 4.42 Å². The third-order valence-corrected chi connectivity index (χ3v) is 7.47. The van der Waals surface area contributed by atoms with Gasteiger partial charge < -0.3 is 9.32 Å². The first-order valence-electron chi connectivity index (χ1n) is 10.7. The van der Waals surface area contributed by atoms with Crippen molar-refractivity contribution in [1.29, 1.82) is 0 Å². The Morgan fingerprint density at radius 1 is 0.971 bits per heavy atom. The topological polar surface area (TPSA) is 83.7 Å². The minimum Gasteiger partial charge on any atom is -0.441 e. The predicted octanol–water partition coefficient (Wildman–Crippen LogP) is 3.61. The number of carbonyl (C=O) groups is 1. The molecule has 1 fully saturated rings. The summed E-state index contributed by atoms with van der Waals surface area (Å²) in [5.41, 5.74) is 0.0708. The summed E-state index contributed by atoms with van der Waals surface area (Å²) in [6, 6.07) is 7.76. The number of hydrogen-bond acceptors (Lipinski definition) is 5. The molecule has 34 heavy (non-hydrogen) atoms. The molecule has 2 heterocycles. The van der Waals surface area contributed by atoms with Crippen LogP contribution in [-0.4, -0.2) is 54.7 Å². The number of halogens is 3. The molecule has 0 N–H and O–H groups in total. The number of hydrogen-bond donors (Lipinski definition) is 0. The zero-order valence-corrected chi connectivity index (χ0v) is 18.9. The molecule has 0 bridgehead atoms. The van der Waals surface area contributed by atoms with E-state index in [1.54, 1.807) is 4.90 Å². The van der Waals surface area contributed by atoms with Gasteiger partial charge in [0.15, 0.2) is 11.7 Å². The van der Waals surface area contributed by atoms with E-state index in [0.29, 0.717) is 13.0 Å². The van der Waals surface area contributed by atoms with Gasteiger partial charge in [0.1, 0.15) is 17.5 Å². The fourth-order valence-corrected chi connectivity index (χ4v) is 5.22. The molecule has 1 aliphatic rings. The number of carbonyl (C=O) groups excluding carboxylic acids is 1. The first-order valence-corrected chi connectivity index (χ1v) is 12.1. The molecule has 0 unspecified atom stereocenters. The SMILES string of the molecule is O=C(CCc1ncc(-c2ccc(F)cc2F)o1)N1CCCN(S(=O)(=O)c2ccc(F)cc2)CC1. The smallest absolute Gasteiger partial charge is 0.243 e. The highest BCUT2D eigenvalue weighted by Crippen LogP contribution is 2.25. The Morgan fingerprint density at radius 2 is 1.71 bits per heavy atom. The molecule has 1 aromatic heterocycles. The van der Waals surface area contributed by atoms with Gasteiger partial charge in [0.25, 0.3) is 0 Å². The summed E-state index contributed by atoms with van der Waals surface area (Å²) in [7, 11) is -3.79. The van der Waals surface area contributed by atoms with Crippen molar-refractivity contribution in [3.63, 3.8) is 0 Å². The van der Waals surface area contributed by atoms with Crippen molar-refractivity contribution in [3.05, 3.63) is 72.0 Å². The second-order valence-electron chi connectivity index (χ2n) is 7.83. The third-order valence-electron chi connectivity index (χ3n) is 5.56. The molecule has 1 aliphatic heterocycles. The zero-order chi connectivity index (χ0) is 24.3. The highest BCUT2D eigenvalue weighted by Gasteiger charge is 2.28. The maximum Gasteiger partial charge on any atom is 0.243 e. The van der Waals surface area contributed by atoms with Crippen LogP contribution in [0.4, 0.5) is 13.2 Å². The van der Waals surface area contributed by atoms with E-state index in [2.05, 4.69) is 4.98 Å². The molecule has 3 aromatic rings. The number of aromatic nitrogens is 1. The Kier molecular flexibility index (Phi) is 7.03. The van der Waals surface area contributed by atoms with Gasteiger partial charge in [-0.3, -0.25) is 4.79 Å². The van der Waals surface area contributed by atoms with Crippen LogP contribution in [0.2, 0.25) is 0 Å². The van der Waals surface area contributed by atoms with Gasteiger partial charge in [0.2, 0.25) is 15.9 Å². The number of oxazole rings is 1. The lowest BCUT2D eigenvalue weighted by Gasteiger charge is -2.22. The number of rotatable bonds is 6. The van der Waals surface area contributed by atoms with Crippen molar-refractivity contribution in [1.82, 2.24) is 14.2 Å². The fourth-order valence-electron chi connectivity index (χ4n) is 3.75. The largest absolute Gasteiger partial charge is 0.441 e. The Bertz CT molecular complexity index is 1280. The zero-order valence-electron chi connectivity index (χ0n) is 18.1. The Morgan fingerprint density at radius 3 is 2.44 bits per heavy atom. The van der Waals surface area contributed by atoms with Crippen molar-refractivity contribution >= 4 is 15.9 Å². The molecular formula is C23H22F3N3O4S. The molecule has 0 atom stereocenters. The molecular weight excluding hydrogens is 471 g/mol. The van der Waals surface area contributed by atoms with E-state index in [-0.39, 0.29) is 60.5 Å².